The number of hydrogen-bond acceptors (Lipinski definition) is 4. The summed E-state index contributed by atoms with van der Waals surface area (Å²) in [5.41, 5.74) is 3.44. The van der Waals surface area contributed by atoms with Crippen LogP contribution in [0, 0.1) is 5.41 Å². The zero-order chi connectivity index (χ0) is 20.9. The van der Waals surface area contributed by atoms with Crippen molar-refractivity contribution in [2.45, 2.75) is 72.3 Å². The molecule has 0 N–H and O–H groups in total. The molecular formula is C23H34N3OPS. The Morgan fingerprint density at radius 2 is 1.69 bits per heavy atom. The molecule has 2 heterocycles. The molecule has 1 aromatic carbocycles. The first-order valence-electron chi connectivity index (χ1n) is 10.8. The molecule has 29 heavy (non-hydrogen) atoms. The first-order valence-corrected chi connectivity index (χ1v) is 13.5. The lowest BCUT2D eigenvalue weighted by molar-refractivity contribution is 0.150. The van der Waals surface area contributed by atoms with Crippen LogP contribution in [0.4, 0.5) is 5.69 Å². The highest BCUT2D eigenvalue weighted by Crippen LogP contribution is 2.69. The van der Waals surface area contributed by atoms with Gasteiger partial charge in [-0.15, -0.1) is 0 Å². The third-order valence-electron chi connectivity index (χ3n) is 5.71. The van der Waals surface area contributed by atoms with Crippen molar-refractivity contribution in [3.05, 3.63) is 41.3 Å². The van der Waals surface area contributed by atoms with Crippen LogP contribution in [0.25, 0.3) is 0 Å². The van der Waals surface area contributed by atoms with Gasteiger partial charge < -0.3 is 9.42 Å². The molecule has 1 saturated heterocycles. The molecule has 0 aromatic heterocycles. The van der Waals surface area contributed by atoms with Gasteiger partial charge in [0.1, 0.15) is 0 Å². The number of nitrogens with zero attached hydrogens (tertiary/aromatic N) is 3. The predicted octanol–water partition coefficient (Wildman–Crippen LogP) is 6.50. The van der Waals surface area contributed by atoms with E-state index in [4.69, 9.17) is 21.4 Å². The quantitative estimate of drug-likeness (QED) is 0.510. The fourth-order valence-corrected chi connectivity index (χ4v) is 9.09. The van der Waals surface area contributed by atoms with Crippen molar-refractivity contribution in [3.63, 3.8) is 0 Å². The van der Waals surface area contributed by atoms with Gasteiger partial charge in [0.15, 0.2) is 0 Å². The number of hydrazone groups is 1. The maximum Gasteiger partial charge on any atom is 0.210 e. The molecule has 0 saturated carbocycles. The molecule has 0 radical (unpaired) electrons. The van der Waals surface area contributed by atoms with Gasteiger partial charge >= 0.3 is 0 Å². The van der Waals surface area contributed by atoms with Crippen molar-refractivity contribution in [2.24, 2.45) is 10.5 Å². The van der Waals surface area contributed by atoms with Crippen LogP contribution >= 0.6 is 6.42 Å². The second-order valence-electron chi connectivity index (χ2n) is 10.3. The zero-order valence-corrected chi connectivity index (χ0v) is 20.2. The molecule has 3 aliphatic rings. The van der Waals surface area contributed by atoms with E-state index in [0.717, 1.165) is 37.3 Å². The van der Waals surface area contributed by atoms with Crippen molar-refractivity contribution in [1.29, 1.82) is 0 Å². The summed E-state index contributed by atoms with van der Waals surface area (Å²) in [7, 11) is 0. The van der Waals surface area contributed by atoms with Gasteiger partial charge in [0, 0.05) is 18.8 Å². The Bertz CT molecular complexity index is 879. The van der Waals surface area contributed by atoms with Crippen molar-refractivity contribution in [3.8, 4) is 0 Å². The Morgan fingerprint density at radius 3 is 2.31 bits per heavy atom. The normalized spacial score (nSPS) is 27.1. The largest absolute Gasteiger partial charge is 0.374 e. The molecule has 4 rings (SSSR count). The van der Waals surface area contributed by atoms with Crippen LogP contribution in [0.3, 0.4) is 0 Å². The van der Waals surface area contributed by atoms with Crippen LogP contribution in [-0.4, -0.2) is 29.3 Å². The molecule has 0 unspecified atom stereocenters. The number of fused-ring (bicyclic) bond motifs is 1. The molecule has 0 amide bonds. The second kappa shape index (κ2) is 7.51. The van der Waals surface area contributed by atoms with Gasteiger partial charge in [-0.05, 0) is 82.2 Å². The van der Waals surface area contributed by atoms with Crippen LogP contribution in [0.15, 0.2) is 46.4 Å². The Kier molecular flexibility index (Phi) is 5.46. The van der Waals surface area contributed by atoms with E-state index in [2.05, 4.69) is 68.6 Å². The Morgan fingerprint density at radius 1 is 1.03 bits per heavy atom. The third kappa shape index (κ3) is 4.19. The first-order chi connectivity index (χ1) is 13.6. The lowest BCUT2D eigenvalue weighted by Gasteiger charge is -2.42. The fourth-order valence-electron chi connectivity index (χ4n) is 4.63. The Hall–Kier alpha value is -1.16. The number of para-hydroxylation sites is 1. The van der Waals surface area contributed by atoms with Gasteiger partial charge in [0.25, 0.3) is 0 Å². The summed E-state index contributed by atoms with van der Waals surface area (Å²) in [5.74, 6) is 0. The molecule has 2 aliphatic heterocycles. The number of piperidine rings is 1. The minimum Gasteiger partial charge on any atom is -0.374 e. The predicted molar refractivity (Wildman–Crippen MR) is 127 cm³/mol. The summed E-state index contributed by atoms with van der Waals surface area (Å²) in [6, 6.07) is 10.3. The summed E-state index contributed by atoms with van der Waals surface area (Å²) >= 11 is 6.45. The number of hydrogen-bond donors (Lipinski definition) is 0. The van der Waals surface area contributed by atoms with Gasteiger partial charge in [-0.1, -0.05) is 32.0 Å². The highest BCUT2D eigenvalue weighted by Gasteiger charge is 2.49. The number of benzene rings is 1. The molecule has 1 aliphatic carbocycles. The van der Waals surface area contributed by atoms with Crippen LogP contribution in [0.2, 0.25) is 0 Å². The van der Waals surface area contributed by atoms with Crippen molar-refractivity contribution >= 4 is 29.6 Å². The smallest absolute Gasteiger partial charge is 0.210 e. The lowest BCUT2D eigenvalue weighted by Crippen LogP contribution is -2.36. The molecule has 6 heteroatoms. The molecule has 4 nitrogen and oxygen atoms in total. The first kappa shape index (κ1) is 21.1. The molecule has 1 fully saturated rings. The number of likely N-dealkylation sites (tertiary alicyclic amines) is 1. The van der Waals surface area contributed by atoms with Crippen LogP contribution < -0.4 is 4.78 Å². The summed E-state index contributed by atoms with van der Waals surface area (Å²) in [4.78, 5) is 2.59. The van der Waals surface area contributed by atoms with Gasteiger partial charge in [-0.3, -0.25) is 0 Å². The zero-order valence-electron chi connectivity index (χ0n) is 18.4. The van der Waals surface area contributed by atoms with E-state index in [1.54, 1.807) is 0 Å². The lowest BCUT2D eigenvalue weighted by atomic mass is 9.78. The van der Waals surface area contributed by atoms with Crippen LogP contribution in [0.5, 0.6) is 0 Å². The molecule has 0 spiro atoms. The summed E-state index contributed by atoms with van der Waals surface area (Å²) in [6.45, 7) is 13.3. The van der Waals surface area contributed by atoms with E-state index in [0.29, 0.717) is 0 Å². The van der Waals surface area contributed by atoms with Crippen LogP contribution in [0.1, 0.15) is 66.7 Å². The van der Waals surface area contributed by atoms with Gasteiger partial charge in [-0.25, -0.2) is 4.78 Å². The van der Waals surface area contributed by atoms with E-state index in [1.165, 1.54) is 30.3 Å². The monoisotopic (exact) mass is 431 g/mol. The molecule has 1 aromatic rings. The van der Waals surface area contributed by atoms with E-state index < -0.39 is 6.42 Å². The maximum atomic E-state index is 6.76. The summed E-state index contributed by atoms with van der Waals surface area (Å²) in [6.07, 6.45) is 3.32. The number of anilines is 1. The Labute approximate surface area is 181 Å². The van der Waals surface area contributed by atoms with Crippen LogP contribution in [-0.2, 0) is 16.3 Å². The van der Waals surface area contributed by atoms with E-state index in [-0.39, 0.29) is 11.0 Å². The average molecular weight is 432 g/mol. The van der Waals surface area contributed by atoms with Crippen molar-refractivity contribution in [1.82, 2.24) is 4.90 Å². The molecule has 0 bridgehead atoms. The fraction of sp³-hybridized carbons (Fsp3) is 0.609. The van der Waals surface area contributed by atoms with E-state index in [1.807, 2.05) is 6.07 Å². The Balaban J connectivity index is 1.90. The van der Waals surface area contributed by atoms with E-state index in [9.17, 15) is 0 Å². The highest BCUT2D eigenvalue weighted by molar-refractivity contribution is 8.15. The minimum absolute atomic E-state index is 0.184. The SMILES string of the molecule is CC1(C)CC2=NN(c3ccccc3)[P@](=S)(OC(C)(C)C)C2=C(N2CCCCC2)C1. The highest BCUT2D eigenvalue weighted by atomic mass is 32.4. The molecule has 1 atom stereocenters. The standard InChI is InChI=1S/C23H34N3OPS/c1-22(2,3)27-28(29)21-19(24-26(28)18-12-8-6-9-13-18)16-23(4,5)17-20(21)25-14-10-7-11-15-25/h6,8-9,12-13H,7,10-11,14-17H2,1-5H3/t28-/m0/s1. The number of rotatable bonds is 3. The van der Waals surface area contributed by atoms with E-state index >= 15 is 0 Å². The summed E-state index contributed by atoms with van der Waals surface area (Å²) in [5, 5.41) is 6.39. The summed E-state index contributed by atoms with van der Waals surface area (Å²) < 4.78 is 8.82. The van der Waals surface area contributed by atoms with Gasteiger partial charge in [0.2, 0.25) is 6.42 Å². The molecule has 158 valence electrons. The average Bonchev–Trinajstić information content (AvgIpc) is 2.91. The third-order valence-corrected chi connectivity index (χ3v) is 9.64. The van der Waals surface area contributed by atoms with Gasteiger partial charge in [-0.2, -0.15) is 5.10 Å². The van der Waals surface area contributed by atoms with Gasteiger partial charge in [0.05, 0.1) is 22.3 Å². The molecular weight excluding hydrogens is 397 g/mol. The van der Waals surface area contributed by atoms with Crippen molar-refractivity contribution in [2.75, 3.05) is 17.9 Å². The number of allylic oxidation sites excluding steroid dienone is 2. The maximum absolute atomic E-state index is 6.76. The minimum atomic E-state index is -2.53. The van der Waals surface area contributed by atoms with Crippen molar-refractivity contribution < 1.29 is 4.52 Å². The topological polar surface area (TPSA) is 28.1 Å². The second-order valence-corrected chi connectivity index (χ2v) is 13.8.